The molecule has 0 bridgehead atoms. The Kier molecular flexibility index (Phi) is 5.38. The number of fused-ring (bicyclic) bond motifs is 1. The van der Waals surface area contributed by atoms with Crippen molar-refractivity contribution >= 4 is 34.4 Å². The highest BCUT2D eigenvalue weighted by atomic mass is 35.5. The minimum atomic E-state index is -0.756. The van der Waals surface area contributed by atoms with Crippen LogP contribution in [0.2, 0.25) is 5.02 Å². The average molecular weight is 406 g/mol. The molecule has 1 aliphatic heterocycles. The lowest BCUT2D eigenvalue weighted by Gasteiger charge is -2.13. The predicted molar refractivity (Wildman–Crippen MR) is 103 cm³/mol. The fraction of sp³-hybridized carbons (Fsp3) is 0.200. The third kappa shape index (κ3) is 3.45. The van der Waals surface area contributed by atoms with Crippen LogP contribution in [-0.2, 0) is 17.8 Å². The van der Waals surface area contributed by atoms with E-state index in [1.807, 2.05) is 0 Å². The van der Waals surface area contributed by atoms with Gasteiger partial charge in [-0.15, -0.1) is 0 Å². The minimum Gasteiger partial charge on any atom is -0.360 e. The molecule has 3 aromatic rings. The van der Waals surface area contributed by atoms with Crippen LogP contribution in [0, 0.1) is 11.6 Å². The van der Waals surface area contributed by atoms with Crippen molar-refractivity contribution in [3.63, 3.8) is 0 Å². The summed E-state index contributed by atoms with van der Waals surface area (Å²) in [6, 6.07) is 7.30. The van der Waals surface area contributed by atoms with E-state index in [1.54, 1.807) is 18.3 Å². The van der Waals surface area contributed by atoms with E-state index in [-0.39, 0.29) is 25.4 Å². The number of hydrogen-bond acceptors (Lipinski definition) is 2. The summed E-state index contributed by atoms with van der Waals surface area (Å²) < 4.78 is 26.9. The molecule has 0 radical (unpaired) electrons. The van der Waals surface area contributed by atoms with Gasteiger partial charge in [0.25, 0.3) is 5.91 Å². The van der Waals surface area contributed by atoms with Crippen molar-refractivity contribution in [2.45, 2.75) is 26.4 Å². The number of aromatic amines is 1. The summed E-state index contributed by atoms with van der Waals surface area (Å²) in [6.07, 6.45) is 1.87. The number of H-pyrrole nitrogens is 1. The molecule has 1 aromatic heterocycles. The zero-order valence-corrected chi connectivity index (χ0v) is 14.7. The molecule has 3 amide bonds. The maximum absolute atomic E-state index is 13.6. The average Bonchev–Trinajstić information content (AvgIpc) is 3.15. The van der Waals surface area contributed by atoms with Crippen molar-refractivity contribution in [2.75, 3.05) is 0 Å². The van der Waals surface area contributed by atoms with Gasteiger partial charge in [-0.2, -0.15) is 0 Å². The normalized spacial score (nSPS) is 16.4. The molecule has 8 heteroatoms. The molecular weight excluding hydrogens is 388 g/mol. The van der Waals surface area contributed by atoms with Gasteiger partial charge in [0.05, 0.1) is 12.1 Å². The molecule has 28 heavy (non-hydrogen) atoms. The number of imide groups is 1. The van der Waals surface area contributed by atoms with Crippen LogP contribution in [0.4, 0.5) is 13.6 Å². The number of rotatable bonds is 4. The number of aromatic nitrogens is 1. The largest absolute Gasteiger partial charge is 0.360 e. The highest BCUT2D eigenvalue weighted by Gasteiger charge is 2.38. The Morgan fingerprint density at radius 1 is 1.14 bits per heavy atom. The van der Waals surface area contributed by atoms with E-state index in [4.69, 9.17) is 11.6 Å². The first-order valence-corrected chi connectivity index (χ1v) is 8.62. The molecule has 5 nitrogen and oxygen atoms in total. The smallest absolute Gasteiger partial charge is 0.325 e. The fourth-order valence-corrected chi connectivity index (χ4v) is 3.49. The molecule has 0 aliphatic carbocycles. The molecule has 1 atom stereocenters. The van der Waals surface area contributed by atoms with Crippen molar-refractivity contribution < 1.29 is 18.4 Å². The molecule has 2 heterocycles. The lowest BCUT2D eigenvalue weighted by molar-refractivity contribution is -0.127. The Morgan fingerprint density at radius 2 is 1.93 bits per heavy atom. The zero-order chi connectivity index (χ0) is 19.1. The Hall–Kier alpha value is -2.93. The minimum absolute atomic E-state index is 0. The maximum atomic E-state index is 13.6. The molecule has 2 aromatic carbocycles. The summed E-state index contributed by atoms with van der Waals surface area (Å²) in [7, 11) is 0. The molecular formula is C20H18ClF2N3O2. The number of halogens is 3. The summed E-state index contributed by atoms with van der Waals surface area (Å²) in [5.41, 5.74) is 1.70. The Balaban J connectivity index is 0.00000225. The van der Waals surface area contributed by atoms with Crippen molar-refractivity contribution in [2.24, 2.45) is 0 Å². The fourth-order valence-electron chi connectivity index (χ4n) is 3.27. The molecule has 0 unspecified atom stereocenters. The van der Waals surface area contributed by atoms with Crippen LogP contribution in [0.25, 0.3) is 10.9 Å². The van der Waals surface area contributed by atoms with E-state index >= 15 is 0 Å². The van der Waals surface area contributed by atoms with E-state index in [1.165, 1.54) is 24.3 Å². The van der Waals surface area contributed by atoms with Crippen molar-refractivity contribution in [1.82, 2.24) is 15.2 Å². The summed E-state index contributed by atoms with van der Waals surface area (Å²) >= 11 is 5.95. The summed E-state index contributed by atoms with van der Waals surface area (Å²) in [6.45, 7) is -0.0101. The van der Waals surface area contributed by atoms with Gasteiger partial charge in [-0.3, -0.25) is 9.69 Å². The number of nitrogens with zero attached hydrogens (tertiary/aromatic N) is 1. The standard InChI is InChI=1S/C19H14ClF2N3O2.CH4/c20-16-14(22)5-4-13-11(8-23-17(13)16)7-15-18(26)25(19(27)24-15)9-10-2-1-3-12(21)6-10;/h1-6,8,15,23H,7,9H2,(H,24,27);1H4/t15-;/m1./s1. The summed E-state index contributed by atoms with van der Waals surface area (Å²) in [4.78, 5) is 28.8. The first kappa shape index (κ1) is 19.8. The van der Waals surface area contributed by atoms with Crippen LogP contribution < -0.4 is 5.32 Å². The molecule has 2 N–H and O–H groups in total. The topological polar surface area (TPSA) is 65.2 Å². The second-order valence-corrected chi connectivity index (χ2v) is 6.74. The van der Waals surface area contributed by atoms with Gasteiger partial charge in [0.15, 0.2) is 0 Å². The molecule has 1 aliphatic rings. The maximum Gasteiger partial charge on any atom is 0.325 e. The quantitative estimate of drug-likeness (QED) is 0.632. The van der Waals surface area contributed by atoms with Gasteiger partial charge in [-0.05, 0) is 35.4 Å². The van der Waals surface area contributed by atoms with Gasteiger partial charge in [0.1, 0.15) is 22.7 Å². The van der Waals surface area contributed by atoms with Crippen molar-refractivity contribution in [3.05, 3.63) is 70.4 Å². The number of nitrogens with one attached hydrogen (secondary N) is 2. The van der Waals surface area contributed by atoms with E-state index in [0.29, 0.717) is 16.5 Å². The monoisotopic (exact) mass is 405 g/mol. The van der Waals surface area contributed by atoms with Gasteiger partial charge in [0.2, 0.25) is 0 Å². The highest BCUT2D eigenvalue weighted by Crippen LogP contribution is 2.29. The first-order chi connectivity index (χ1) is 12.9. The number of benzene rings is 2. The lowest BCUT2D eigenvalue weighted by Crippen LogP contribution is -2.32. The zero-order valence-electron chi connectivity index (χ0n) is 13.9. The van der Waals surface area contributed by atoms with Crippen molar-refractivity contribution in [1.29, 1.82) is 0 Å². The molecule has 1 saturated heterocycles. The van der Waals surface area contributed by atoms with E-state index in [0.717, 1.165) is 10.5 Å². The number of hydrogen-bond donors (Lipinski definition) is 2. The molecule has 0 saturated carbocycles. The van der Waals surface area contributed by atoms with Crippen LogP contribution >= 0.6 is 11.6 Å². The number of urea groups is 1. The van der Waals surface area contributed by atoms with Gasteiger partial charge >= 0.3 is 6.03 Å². The van der Waals surface area contributed by atoms with Crippen LogP contribution in [0.1, 0.15) is 18.6 Å². The Labute approximate surface area is 165 Å². The third-order valence-electron chi connectivity index (χ3n) is 4.59. The number of carbonyl (C=O) groups is 2. The second-order valence-electron chi connectivity index (χ2n) is 6.36. The molecule has 1 fully saturated rings. The Morgan fingerprint density at radius 3 is 2.68 bits per heavy atom. The van der Waals surface area contributed by atoms with Gasteiger partial charge in [0, 0.05) is 18.0 Å². The lowest BCUT2D eigenvalue weighted by atomic mass is 10.0. The van der Waals surface area contributed by atoms with E-state index in [2.05, 4.69) is 10.3 Å². The van der Waals surface area contributed by atoms with Gasteiger partial charge < -0.3 is 10.3 Å². The predicted octanol–water partition coefficient (Wildman–Crippen LogP) is 4.40. The van der Waals surface area contributed by atoms with Crippen molar-refractivity contribution in [3.8, 4) is 0 Å². The molecule has 4 rings (SSSR count). The number of amides is 3. The third-order valence-corrected chi connectivity index (χ3v) is 4.96. The SMILES string of the molecule is C.O=C1N[C@H](Cc2c[nH]c3c(Cl)c(F)ccc23)C(=O)N1Cc1cccc(F)c1. The van der Waals surface area contributed by atoms with Gasteiger partial charge in [-0.25, -0.2) is 13.6 Å². The van der Waals surface area contributed by atoms with Crippen LogP contribution in [0.3, 0.4) is 0 Å². The molecule has 0 spiro atoms. The Bertz CT molecular complexity index is 1070. The van der Waals surface area contributed by atoms with E-state index in [9.17, 15) is 18.4 Å². The highest BCUT2D eigenvalue weighted by molar-refractivity contribution is 6.35. The second kappa shape index (κ2) is 7.59. The summed E-state index contributed by atoms with van der Waals surface area (Å²) in [5, 5.41) is 3.31. The summed E-state index contributed by atoms with van der Waals surface area (Å²) in [5.74, 6) is -1.37. The number of carbonyl (C=O) groups excluding carboxylic acids is 2. The van der Waals surface area contributed by atoms with E-state index < -0.39 is 29.6 Å². The van der Waals surface area contributed by atoms with Crippen LogP contribution in [0.15, 0.2) is 42.6 Å². The molecule has 146 valence electrons. The van der Waals surface area contributed by atoms with Crippen LogP contribution in [0.5, 0.6) is 0 Å². The first-order valence-electron chi connectivity index (χ1n) is 8.24. The van der Waals surface area contributed by atoms with Gasteiger partial charge in [-0.1, -0.05) is 31.2 Å². The van der Waals surface area contributed by atoms with Crippen LogP contribution in [-0.4, -0.2) is 27.9 Å².